The molecular formula is C15H26N2O5S. The maximum atomic E-state index is 12.3. The fraction of sp³-hybridized carbons (Fsp3) is 0.933. The monoisotopic (exact) mass is 346 g/mol. The lowest BCUT2D eigenvalue weighted by Crippen LogP contribution is -2.56. The molecule has 1 heterocycles. The van der Waals surface area contributed by atoms with Crippen LogP contribution in [0.25, 0.3) is 0 Å². The summed E-state index contributed by atoms with van der Waals surface area (Å²) in [6.07, 6.45) is 5.20. The minimum Gasteiger partial charge on any atom is -0.480 e. The van der Waals surface area contributed by atoms with E-state index in [9.17, 15) is 13.2 Å². The van der Waals surface area contributed by atoms with Crippen molar-refractivity contribution in [2.24, 2.45) is 5.92 Å². The molecule has 0 aromatic heterocycles. The zero-order valence-electron chi connectivity index (χ0n) is 13.3. The second-order valence-electron chi connectivity index (χ2n) is 7.09. The molecule has 8 heteroatoms. The highest BCUT2D eigenvalue weighted by molar-refractivity contribution is 7.90. The standard InChI is InChI=1S/C15H26N2O5S/c18-15(19)9-17(8-11-3-4-11)13-6-12(7-13)16-23(20,21)14-2-1-5-22-10-14/h11-14,16H,1-10H2,(H,18,19). The number of carbonyl (C=O) groups is 1. The maximum Gasteiger partial charge on any atom is 0.317 e. The minimum atomic E-state index is -3.34. The highest BCUT2D eigenvalue weighted by Gasteiger charge is 2.40. The van der Waals surface area contributed by atoms with Crippen LogP contribution in [-0.4, -0.2) is 68.0 Å². The van der Waals surface area contributed by atoms with Gasteiger partial charge in [0.15, 0.2) is 0 Å². The minimum absolute atomic E-state index is 0.0527. The van der Waals surface area contributed by atoms with Crippen LogP contribution >= 0.6 is 0 Å². The number of nitrogens with zero attached hydrogens (tertiary/aromatic N) is 1. The van der Waals surface area contributed by atoms with Gasteiger partial charge in [-0.25, -0.2) is 13.1 Å². The van der Waals surface area contributed by atoms with Gasteiger partial charge in [0, 0.05) is 25.2 Å². The Bertz CT molecular complexity index is 522. The van der Waals surface area contributed by atoms with Gasteiger partial charge in [0.2, 0.25) is 10.0 Å². The van der Waals surface area contributed by atoms with Gasteiger partial charge in [-0.2, -0.15) is 0 Å². The second kappa shape index (κ2) is 7.04. The molecule has 1 unspecified atom stereocenters. The molecule has 0 aromatic rings. The van der Waals surface area contributed by atoms with E-state index in [4.69, 9.17) is 9.84 Å². The molecule has 23 heavy (non-hydrogen) atoms. The van der Waals surface area contributed by atoms with Crippen LogP contribution in [0.15, 0.2) is 0 Å². The molecule has 2 N–H and O–H groups in total. The number of ether oxygens (including phenoxy) is 1. The molecule has 0 spiro atoms. The number of hydrogen-bond donors (Lipinski definition) is 2. The van der Waals surface area contributed by atoms with E-state index in [1.54, 1.807) is 0 Å². The van der Waals surface area contributed by atoms with E-state index in [-0.39, 0.29) is 25.2 Å². The van der Waals surface area contributed by atoms with Crippen molar-refractivity contribution < 1.29 is 23.1 Å². The third-order valence-corrected chi connectivity index (χ3v) is 6.96. The number of hydrogen-bond acceptors (Lipinski definition) is 5. The van der Waals surface area contributed by atoms with Gasteiger partial charge in [-0.3, -0.25) is 9.69 Å². The molecule has 0 bridgehead atoms. The zero-order chi connectivity index (χ0) is 16.4. The molecule has 2 saturated carbocycles. The lowest BCUT2D eigenvalue weighted by atomic mass is 9.86. The highest BCUT2D eigenvalue weighted by atomic mass is 32.2. The molecule has 0 aromatic carbocycles. The number of carboxylic acids is 1. The summed E-state index contributed by atoms with van der Waals surface area (Å²) in [5.41, 5.74) is 0. The van der Waals surface area contributed by atoms with Gasteiger partial charge >= 0.3 is 5.97 Å². The van der Waals surface area contributed by atoms with Crippen molar-refractivity contribution in [2.75, 3.05) is 26.3 Å². The number of rotatable bonds is 8. The van der Waals surface area contributed by atoms with Crippen molar-refractivity contribution in [3.8, 4) is 0 Å². The van der Waals surface area contributed by atoms with Crippen molar-refractivity contribution in [1.29, 1.82) is 0 Å². The van der Waals surface area contributed by atoms with Crippen LogP contribution in [0.1, 0.15) is 38.5 Å². The predicted octanol–water partition coefficient (Wildman–Crippen LogP) is 0.412. The maximum absolute atomic E-state index is 12.3. The molecule has 132 valence electrons. The Morgan fingerprint density at radius 1 is 1.26 bits per heavy atom. The smallest absolute Gasteiger partial charge is 0.317 e. The lowest BCUT2D eigenvalue weighted by molar-refractivity contribution is -0.139. The number of sulfonamides is 1. The summed E-state index contributed by atoms with van der Waals surface area (Å²) in [5.74, 6) is -0.182. The largest absolute Gasteiger partial charge is 0.480 e. The van der Waals surface area contributed by atoms with E-state index in [0.717, 1.165) is 13.0 Å². The summed E-state index contributed by atoms with van der Waals surface area (Å²) in [4.78, 5) is 13.0. The molecule has 7 nitrogen and oxygen atoms in total. The summed E-state index contributed by atoms with van der Waals surface area (Å²) in [5, 5.41) is 8.59. The first kappa shape index (κ1) is 17.1. The second-order valence-corrected chi connectivity index (χ2v) is 9.08. The first-order chi connectivity index (χ1) is 10.9. The van der Waals surface area contributed by atoms with Crippen molar-refractivity contribution >= 4 is 16.0 Å². The Balaban J connectivity index is 1.47. The van der Waals surface area contributed by atoms with Crippen LogP contribution in [0.3, 0.4) is 0 Å². The Labute approximate surface area is 137 Å². The van der Waals surface area contributed by atoms with Crippen LogP contribution in [0, 0.1) is 5.92 Å². The first-order valence-corrected chi connectivity index (χ1v) is 10.0. The lowest BCUT2D eigenvalue weighted by Gasteiger charge is -2.43. The zero-order valence-corrected chi connectivity index (χ0v) is 14.1. The molecule has 2 aliphatic carbocycles. The van der Waals surface area contributed by atoms with Crippen molar-refractivity contribution in [1.82, 2.24) is 9.62 Å². The van der Waals surface area contributed by atoms with E-state index in [2.05, 4.69) is 4.72 Å². The fourth-order valence-electron chi connectivity index (χ4n) is 3.42. The van der Waals surface area contributed by atoms with Gasteiger partial charge in [0.1, 0.15) is 0 Å². The van der Waals surface area contributed by atoms with Crippen LogP contribution in [0.2, 0.25) is 0 Å². The Hall–Kier alpha value is -0.700. The average Bonchev–Trinajstić information content (AvgIpc) is 3.26. The molecule has 3 aliphatic rings. The molecule has 3 fully saturated rings. The first-order valence-electron chi connectivity index (χ1n) is 8.49. The highest BCUT2D eigenvalue weighted by Crippen LogP contribution is 2.34. The molecule has 0 amide bonds. The molecule has 1 atom stereocenters. The van der Waals surface area contributed by atoms with Crippen LogP contribution in [0.4, 0.5) is 0 Å². The van der Waals surface area contributed by atoms with Crippen LogP contribution < -0.4 is 4.72 Å². The van der Waals surface area contributed by atoms with E-state index in [1.807, 2.05) is 4.90 Å². The van der Waals surface area contributed by atoms with Gasteiger partial charge in [-0.15, -0.1) is 0 Å². The Morgan fingerprint density at radius 2 is 2.00 bits per heavy atom. The number of carboxylic acid groups (broad SMARTS) is 1. The normalized spacial score (nSPS) is 31.8. The van der Waals surface area contributed by atoms with Gasteiger partial charge < -0.3 is 9.84 Å². The Morgan fingerprint density at radius 3 is 2.57 bits per heavy atom. The molecule has 3 rings (SSSR count). The third-order valence-electron chi connectivity index (χ3n) is 5.05. The summed E-state index contributed by atoms with van der Waals surface area (Å²) < 4.78 is 32.7. The van der Waals surface area contributed by atoms with Crippen molar-refractivity contribution in [3.05, 3.63) is 0 Å². The van der Waals surface area contributed by atoms with Crippen LogP contribution in [-0.2, 0) is 19.6 Å². The van der Waals surface area contributed by atoms with Gasteiger partial charge in [-0.1, -0.05) is 0 Å². The number of aliphatic carboxylic acids is 1. The number of nitrogens with one attached hydrogen (secondary N) is 1. The molecule has 1 aliphatic heterocycles. The van der Waals surface area contributed by atoms with E-state index in [1.165, 1.54) is 12.8 Å². The van der Waals surface area contributed by atoms with Gasteiger partial charge in [-0.05, 0) is 44.4 Å². The van der Waals surface area contributed by atoms with Gasteiger partial charge in [0.05, 0.1) is 18.4 Å². The van der Waals surface area contributed by atoms with Gasteiger partial charge in [0.25, 0.3) is 0 Å². The fourth-order valence-corrected chi connectivity index (χ4v) is 5.02. The summed E-state index contributed by atoms with van der Waals surface area (Å²) in [6.45, 7) is 1.80. The average molecular weight is 346 g/mol. The SMILES string of the molecule is O=C(O)CN(CC1CC1)C1CC(NS(=O)(=O)C2CCCOC2)C1. The molecular weight excluding hydrogens is 320 g/mol. The van der Waals surface area contributed by atoms with E-state index in [0.29, 0.717) is 31.8 Å². The summed E-state index contributed by atoms with van der Waals surface area (Å²) >= 11 is 0. The van der Waals surface area contributed by atoms with E-state index < -0.39 is 21.2 Å². The van der Waals surface area contributed by atoms with Crippen molar-refractivity contribution in [3.63, 3.8) is 0 Å². The van der Waals surface area contributed by atoms with Crippen LogP contribution in [0.5, 0.6) is 0 Å². The summed E-state index contributed by atoms with van der Waals surface area (Å²) in [6, 6.07) is 0.115. The Kier molecular flexibility index (Phi) is 5.25. The molecule has 1 saturated heterocycles. The summed E-state index contributed by atoms with van der Waals surface area (Å²) in [7, 11) is -3.34. The molecule has 0 radical (unpaired) electrons. The van der Waals surface area contributed by atoms with E-state index >= 15 is 0 Å². The topological polar surface area (TPSA) is 95.9 Å². The quantitative estimate of drug-likeness (QED) is 0.661. The van der Waals surface area contributed by atoms with Crippen molar-refractivity contribution in [2.45, 2.75) is 55.9 Å². The third kappa shape index (κ3) is 4.65. The predicted molar refractivity (Wildman–Crippen MR) is 84.6 cm³/mol.